The second-order valence-electron chi connectivity index (χ2n) is 5.63. The topological polar surface area (TPSA) is 26.0 Å². The van der Waals surface area contributed by atoms with Crippen molar-refractivity contribution in [2.75, 3.05) is 5.73 Å². The van der Waals surface area contributed by atoms with Gasteiger partial charge in [0, 0.05) is 28.3 Å². The number of anilines is 1. The van der Waals surface area contributed by atoms with Crippen LogP contribution in [0.2, 0.25) is 0 Å². The van der Waals surface area contributed by atoms with Crippen LogP contribution in [0.3, 0.4) is 0 Å². The zero-order valence-corrected chi connectivity index (χ0v) is 12.6. The van der Waals surface area contributed by atoms with E-state index in [2.05, 4.69) is 23.7 Å². The van der Waals surface area contributed by atoms with Gasteiger partial charge in [0.2, 0.25) is 0 Å². The summed E-state index contributed by atoms with van der Waals surface area (Å²) in [6.45, 7) is 0. The molecule has 0 atom stereocenters. The van der Waals surface area contributed by atoms with Crippen molar-refractivity contribution in [3.63, 3.8) is 0 Å². The molecule has 3 rings (SSSR count). The normalized spacial score (nSPS) is 13.8. The molecule has 2 aromatic rings. The van der Waals surface area contributed by atoms with Crippen LogP contribution >= 0.6 is 0 Å². The highest BCUT2D eigenvalue weighted by atomic mass is 14.5. The van der Waals surface area contributed by atoms with E-state index in [9.17, 15) is 0 Å². The molecule has 0 radical (unpaired) electrons. The van der Waals surface area contributed by atoms with Crippen molar-refractivity contribution in [2.45, 2.75) is 25.7 Å². The SMILES string of the molecule is Nc1ccccc1C#Cc1ccccc1C#CC1CCCC1. The van der Waals surface area contributed by atoms with Gasteiger partial charge in [-0.2, -0.15) is 0 Å². The highest BCUT2D eigenvalue weighted by Crippen LogP contribution is 2.23. The summed E-state index contributed by atoms with van der Waals surface area (Å²) in [7, 11) is 0. The summed E-state index contributed by atoms with van der Waals surface area (Å²) < 4.78 is 0. The van der Waals surface area contributed by atoms with Crippen LogP contribution in [0.5, 0.6) is 0 Å². The van der Waals surface area contributed by atoms with E-state index >= 15 is 0 Å². The molecule has 0 aliphatic heterocycles. The Morgan fingerprint density at radius 3 is 1.95 bits per heavy atom. The van der Waals surface area contributed by atoms with Gasteiger partial charge in [-0.25, -0.2) is 0 Å². The smallest absolute Gasteiger partial charge is 0.0478 e. The van der Waals surface area contributed by atoms with Gasteiger partial charge in [0.1, 0.15) is 0 Å². The molecule has 0 unspecified atom stereocenters. The minimum Gasteiger partial charge on any atom is -0.398 e. The van der Waals surface area contributed by atoms with E-state index in [1.165, 1.54) is 25.7 Å². The first-order chi connectivity index (χ1) is 10.8. The Kier molecular flexibility index (Phi) is 4.47. The van der Waals surface area contributed by atoms with Crippen LogP contribution in [0.4, 0.5) is 5.69 Å². The molecular formula is C21H19N. The number of hydrogen-bond acceptors (Lipinski definition) is 1. The van der Waals surface area contributed by atoms with Gasteiger partial charge in [0.25, 0.3) is 0 Å². The van der Waals surface area contributed by atoms with Crippen molar-refractivity contribution < 1.29 is 0 Å². The number of nitrogens with two attached hydrogens (primary N) is 1. The van der Waals surface area contributed by atoms with E-state index in [0.29, 0.717) is 11.6 Å². The quantitative estimate of drug-likeness (QED) is 0.569. The molecule has 2 N–H and O–H groups in total. The molecule has 108 valence electrons. The molecule has 1 saturated carbocycles. The lowest BCUT2D eigenvalue weighted by Gasteiger charge is -1.99. The molecular weight excluding hydrogens is 266 g/mol. The first-order valence-electron chi connectivity index (χ1n) is 7.80. The molecule has 1 aliphatic rings. The van der Waals surface area contributed by atoms with E-state index in [1.807, 2.05) is 48.5 Å². The molecule has 1 fully saturated rings. The van der Waals surface area contributed by atoms with Crippen molar-refractivity contribution in [2.24, 2.45) is 5.92 Å². The fraction of sp³-hybridized carbons (Fsp3) is 0.238. The molecule has 22 heavy (non-hydrogen) atoms. The first-order valence-corrected chi connectivity index (χ1v) is 7.80. The summed E-state index contributed by atoms with van der Waals surface area (Å²) in [6, 6.07) is 15.8. The number of hydrogen-bond donors (Lipinski definition) is 1. The van der Waals surface area contributed by atoms with Crippen LogP contribution in [0, 0.1) is 29.6 Å². The van der Waals surface area contributed by atoms with Crippen LogP contribution in [-0.2, 0) is 0 Å². The van der Waals surface area contributed by atoms with Crippen molar-refractivity contribution >= 4 is 5.69 Å². The highest BCUT2D eigenvalue weighted by molar-refractivity contribution is 5.59. The summed E-state index contributed by atoms with van der Waals surface area (Å²) >= 11 is 0. The molecule has 0 saturated heterocycles. The molecule has 1 heteroatoms. The zero-order valence-electron chi connectivity index (χ0n) is 12.6. The maximum absolute atomic E-state index is 5.93. The van der Waals surface area contributed by atoms with E-state index in [-0.39, 0.29) is 0 Å². The molecule has 0 spiro atoms. The van der Waals surface area contributed by atoms with E-state index < -0.39 is 0 Å². The van der Waals surface area contributed by atoms with Gasteiger partial charge < -0.3 is 5.73 Å². The lowest BCUT2D eigenvalue weighted by molar-refractivity contribution is 0.712. The minimum atomic E-state index is 0.561. The average Bonchev–Trinajstić information content (AvgIpc) is 3.06. The van der Waals surface area contributed by atoms with Crippen LogP contribution in [-0.4, -0.2) is 0 Å². The Morgan fingerprint density at radius 2 is 1.27 bits per heavy atom. The van der Waals surface area contributed by atoms with Gasteiger partial charge in [-0.1, -0.05) is 60.8 Å². The Bertz CT molecular complexity index is 775. The third kappa shape index (κ3) is 3.51. The molecule has 1 nitrogen and oxygen atoms in total. The second kappa shape index (κ2) is 6.88. The molecule has 1 aliphatic carbocycles. The van der Waals surface area contributed by atoms with Gasteiger partial charge in [0.15, 0.2) is 0 Å². The van der Waals surface area contributed by atoms with E-state index in [0.717, 1.165) is 16.7 Å². The average molecular weight is 285 g/mol. The number of benzene rings is 2. The summed E-state index contributed by atoms with van der Waals surface area (Å²) in [4.78, 5) is 0. The van der Waals surface area contributed by atoms with Gasteiger partial charge in [0.05, 0.1) is 0 Å². The van der Waals surface area contributed by atoms with Crippen LogP contribution < -0.4 is 5.73 Å². The largest absolute Gasteiger partial charge is 0.398 e. The van der Waals surface area contributed by atoms with Crippen molar-refractivity contribution in [1.29, 1.82) is 0 Å². The van der Waals surface area contributed by atoms with Crippen molar-refractivity contribution in [3.8, 4) is 23.7 Å². The van der Waals surface area contributed by atoms with E-state index in [4.69, 9.17) is 5.73 Å². The fourth-order valence-electron chi connectivity index (χ4n) is 2.70. The Labute approximate surface area is 132 Å². The predicted octanol–water partition coefficient (Wildman–Crippen LogP) is 4.21. The molecule has 2 aromatic carbocycles. The maximum Gasteiger partial charge on any atom is 0.0478 e. The fourth-order valence-corrected chi connectivity index (χ4v) is 2.70. The highest BCUT2D eigenvalue weighted by Gasteiger charge is 2.11. The summed E-state index contributed by atoms with van der Waals surface area (Å²) in [5, 5.41) is 0. The standard InChI is InChI=1S/C21H19N/c22-21-12-6-5-11-20(21)16-15-19-10-4-3-9-18(19)14-13-17-7-1-2-8-17/h3-6,9-12,17H,1-2,7-8,22H2. The maximum atomic E-state index is 5.93. The first kappa shape index (κ1) is 14.3. The number of para-hydroxylation sites is 1. The van der Waals surface area contributed by atoms with Crippen molar-refractivity contribution in [1.82, 2.24) is 0 Å². The number of nitrogen functional groups attached to an aromatic ring is 1. The minimum absolute atomic E-state index is 0.561. The van der Waals surface area contributed by atoms with Crippen LogP contribution in [0.15, 0.2) is 48.5 Å². The molecule has 0 aromatic heterocycles. The molecule has 0 amide bonds. The van der Waals surface area contributed by atoms with Crippen LogP contribution in [0.1, 0.15) is 42.4 Å². The zero-order chi connectivity index (χ0) is 15.2. The van der Waals surface area contributed by atoms with Gasteiger partial charge in [-0.15, -0.1) is 0 Å². The Balaban J connectivity index is 1.87. The van der Waals surface area contributed by atoms with Crippen LogP contribution in [0.25, 0.3) is 0 Å². The Morgan fingerprint density at radius 1 is 0.727 bits per heavy atom. The van der Waals surface area contributed by atoms with Gasteiger partial charge in [-0.3, -0.25) is 0 Å². The summed E-state index contributed by atoms with van der Waals surface area (Å²) in [5.41, 5.74) is 9.49. The summed E-state index contributed by atoms with van der Waals surface area (Å²) in [5.74, 6) is 13.7. The van der Waals surface area contributed by atoms with Gasteiger partial charge in [-0.05, 0) is 37.1 Å². The monoisotopic (exact) mass is 285 g/mol. The summed E-state index contributed by atoms with van der Waals surface area (Å²) in [6.07, 6.45) is 5.10. The van der Waals surface area contributed by atoms with Crippen molar-refractivity contribution in [3.05, 3.63) is 65.2 Å². The third-order valence-electron chi connectivity index (χ3n) is 3.99. The Hall–Kier alpha value is -2.64. The lowest BCUT2D eigenvalue weighted by atomic mass is 10.0. The third-order valence-corrected chi connectivity index (χ3v) is 3.99. The van der Waals surface area contributed by atoms with Gasteiger partial charge >= 0.3 is 0 Å². The lowest BCUT2D eigenvalue weighted by Crippen LogP contribution is -1.90. The van der Waals surface area contributed by atoms with E-state index in [1.54, 1.807) is 0 Å². The predicted molar refractivity (Wildman–Crippen MR) is 92.1 cm³/mol. The molecule has 0 bridgehead atoms. The second-order valence-corrected chi connectivity index (χ2v) is 5.63. The molecule has 0 heterocycles. The number of rotatable bonds is 0.